The molecule has 0 bridgehead atoms. The number of carbonyl (C=O) groups is 1. The first-order chi connectivity index (χ1) is 16.6. The first-order valence-corrected chi connectivity index (χ1v) is 13.5. The third-order valence-electron chi connectivity index (χ3n) is 8.59. The van der Waals surface area contributed by atoms with Crippen molar-refractivity contribution in [1.29, 1.82) is 0 Å². The van der Waals surface area contributed by atoms with E-state index in [0.29, 0.717) is 18.1 Å². The first-order valence-electron chi connectivity index (χ1n) is 13.5. The lowest BCUT2D eigenvalue weighted by Gasteiger charge is -2.45. The smallest absolute Gasteiger partial charge is 0.253 e. The highest BCUT2D eigenvalue weighted by atomic mass is 16.5. The molecular formula is C27H42N4O3. The van der Waals surface area contributed by atoms with E-state index >= 15 is 0 Å². The van der Waals surface area contributed by atoms with Crippen molar-refractivity contribution < 1.29 is 14.6 Å². The number of carbonyl (C=O) groups excluding carboxylic acids is 1. The minimum Gasteiger partial charge on any atom is -0.391 e. The van der Waals surface area contributed by atoms with Crippen LogP contribution in [0.1, 0.15) is 61.7 Å². The van der Waals surface area contributed by atoms with Gasteiger partial charge in [-0.15, -0.1) is 0 Å². The molecule has 4 fully saturated rings. The van der Waals surface area contributed by atoms with Gasteiger partial charge in [-0.25, -0.2) is 0 Å². The van der Waals surface area contributed by atoms with Crippen LogP contribution in [0.3, 0.4) is 0 Å². The number of β-amino-alcohol motifs (C(OH)–C–C–N with tert-alkyl or cyclic N) is 1. The molecule has 1 unspecified atom stereocenters. The lowest BCUT2D eigenvalue weighted by molar-refractivity contribution is -0.0214. The van der Waals surface area contributed by atoms with E-state index in [0.717, 1.165) is 83.7 Å². The van der Waals surface area contributed by atoms with E-state index in [1.54, 1.807) is 4.90 Å². The van der Waals surface area contributed by atoms with Gasteiger partial charge >= 0.3 is 0 Å². The number of likely N-dealkylation sites (tertiary alicyclic amines) is 1. The molecule has 3 heterocycles. The van der Waals surface area contributed by atoms with Crippen LogP contribution in [0.4, 0.5) is 5.69 Å². The van der Waals surface area contributed by atoms with Crippen molar-refractivity contribution >= 4 is 11.6 Å². The summed E-state index contributed by atoms with van der Waals surface area (Å²) in [5.74, 6) is 0.0364. The highest BCUT2D eigenvalue weighted by Crippen LogP contribution is 2.35. The SMILES string of the molecule is O=C(c1ccc(N2CCC(NCC3(N4CCOCC4)CCCC3)CC2)cc1)N1CCCC(O)C1. The van der Waals surface area contributed by atoms with Crippen LogP contribution in [0.5, 0.6) is 0 Å². The molecule has 1 aliphatic carbocycles. The summed E-state index contributed by atoms with van der Waals surface area (Å²) < 4.78 is 5.61. The molecule has 4 aliphatic rings. The molecule has 0 spiro atoms. The van der Waals surface area contributed by atoms with Crippen LogP contribution in [0.2, 0.25) is 0 Å². The lowest BCUT2D eigenvalue weighted by atomic mass is 9.93. The van der Waals surface area contributed by atoms with Crippen LogP contribution in [-0.2, 0) is 4.74 Å². The Balaban J connectivity index is 1.11. The third-order valence-corrected chi connectivity index (χ3v) is 8.59. The van der Waals surface area contributed by atoms with Gasteiger partial charge in [0.25, 0.3) is 5.91 Å². The Morgan fingerprint density at radius 1 is 0.971 bits per heavy atom. The topological polar surface area (TPSA) is 68.3 Å². The Kier molecular flexibility index (Phi) is 7.74. The number of nitrogens with one attached hydrogen (secondary N) is 1. The van der Waals surface area contributed by atoms with Gasteiger partial charge in [0.2, 0.25) is 0 Å². The Hall–Kier alpha value is -1.67. The molecule has 7 heteroatoms. The van der Waals surface area contributed by atoms with Crippen molar-refractivity contribution in [2.24, 2.45) is 0 Å². The Morgan fingerprint density at radius 2 is 1.68 bits per heavy atom. The van der Waals surface area contributed by atoms with Crippen molar-refractivity contribution in [3.63, 3.8) is 0 Å². The van der Waals surface area contributed by atoms with Crippen molar-refractivity contribution in [3.05, 3.63) is 29.8 Å². The summed E-state index contributed by atoms with van der Waals surface area (Å²) in [4.78, 5) is 19.7. The standard InChI is InChI=1S/C27H42N4O3/c32-25-4-3-13-30(20-25)26(33)22-5-7-24(8-6-22)29-14-9-23(10-15-29)28-21-27(11-1-2-12-27)31-16-18-34-19-17-31/h5-8,23,25,28,32H,1-4,9-21H2. The van der Waals surface area contributed by atoms with Crippen LogP contribution in [0.25, 0.3) is 0 Å². The van der Waals surface area contributed by atoms with Crippen LogP contribution in [-0.4, -0.2) is 97.5 Å². The number of ether oxygens (including phenoxy) is 1. The predicted molar refractivity (Wildman–Crippen MR) is 134 cm³/mol. The van der Waals surface area contributed by atoms with Gasteiger partial charge in [0.15, 0.2) is 0 Å². The number of rotatable bonds is 6. The number of hydrogen-bond donors (Lipinski definition) is 2. The fourth-order valence-electron chi connectivity index (χ4n) is 6.49. The molecule has 3 saturated heterocycles. The number of benzene rings is 1. The normalized spacial score (nSPS) is 26.7. The zero-order valence-corrected chi connectivity index (χ0v) is 20.6. The van der Waals surface area contributed by atoms with Crippen LogP contribution < -0.4 is 10.2 Å². The van der Waals surface area contributed by atoms with Crippen LogP contribution >= 0.6 is 0 Å². The van der Waals surface area contributed by atoms with E-state index in [1.807, 2.05) is 12.1 Å². The number of hydrogen-bond acceptors (Lipinski definition) is 6. The van der Waals surface area contributed by atoms with Crippen molar-refractivity contribution in [1.82, 2.24) is 15.1 Å². The molecule has 0 radical (unpaired) electrons. The van der Waals surface area contributed by atoms with Crippen LogP contribution in [0, 0.1) is 0 Å². The number of aliphatic hydroxyl groups is 1. The largest absolute Gasteiger partial charge is 0.391 e. The van der Waals surface area contributed by atoms with E-state index in [4.69, 9.17) is 4.74 Å². The second-order valence-electron chi connectivity index (χ2n) is 10.8. The zero-order chi connectivity index (χ0) is 23.4. The molecule has 1 saturated carbocycles. The number of aliphatic hydroxyl groups excluding tert-OH is 1. The average Bonchev–Trinajstić information content (AvgIpc) is 3.38. The summed E-state index contributed by atoms with van der Waals surface area (Å²) in [6.07, 6.45) is 8.95. The molecule has 1 amide bonds. The number of anilines is 1. The van der Waals surface area contributed by atoms with Crippen molar-refractivity contribution in [2.75, 3.05) is 63.9 Å². The van der Waals surface area contributed by atoms with Crippen molar-refractivity contribution in [3.8, 4) is 0 Å². The van der Waals surface area contributed by atoms with E-state index < -0.39 is 0 Å². The van der Waals surface area contributed by atoms with Gasteiger partial charge < -0.3 is 25.0 Å². The fraction of sp³-hybridized carbons (Fsp3) is 0.741. The maximum absolute atomic E-state index is 12.8. The molecule has 188 valence electrons. The van der Waals surface area contributed by atoms with E-state index in [-0.39, 0.29) is 12.0 Å². The zero-order valence-electron chi connectivity index (χ0n) is 20.6. The van der Waals surface area contributed by atoms with Crippen LogP contribution in [0.15, 0.2) is 24.3 Å². The monoisotopic (exact) mass is 470 g/mol. The third kappa shape index (κ3) is 5.43. The molecular weight excluding hydrogens is 428 g/mol. The van der Waals surface area contributed by atoms with E-state index in [9.17, 15) is 9.90 Å². The van der Waals surface area contributed by atoms with Gasteiger partial charge in [-0.05, 0) is 62.8 Å². The predicted octanol–water partition coefficient (Wildman–Crippen LogP) is 2.49. The Labute approximate surface area is 204 Å². The van der Waals surface area contributed by atoms with Gasteiger partial charge in [-0.2, -0.15) is 0 Å². The number of nitrogens with zero attached hydrogens (tertiary/aromatic N) is 3. The quantitative estimate of drug-likeness (QED) is 0.666. The maximum atomic E-state index is 12.8. The molecule has 7 nitrogen and oxygen atoms in total. The van der Waals surface area contributed by atoms with E-state index in [2.05, 4.69) is 27.2 Å². The summed E-state index contributed by atoms with van der Waals surface area (Å²) in [7, 11) is 0. The molecule has 0 aromatic heterocycles. The van der Waals surface area contributed by atoms with Gasteiger partial charge in [0.05, 0.1) is 19.3 Å². The van der Waals surface area contributed by atoms with Gasteiger partial charge in [-0.3, -0.25) is 9.69 Å². The lowest BCUT2D eigenvalue weighted by Crippen LogP contribution is -2.58. The fourth-order valence-corrected chi connectivity index (χ4v) is 6.49. The second kappa shape index (κ2) is 10.9. The average molecular weight is 471 g/mol. The number of piperidine rings is 2. The molecule has 1 aromatic rings. The highest BCUT2D eigenvalue weighted by Gasteiger charge is 2.40. The molecule has 34 heavy (non-hydrogen) atoms. The molecule has 1 aromatic carbocycles. The summed E-state index contributed by atoms with van der Waals surface area (Å²) in [6.45, 7) is 8.32. The maximum Gasteiger partial charge on any atom is 0.253 e. The molecule has 5 rings (SSSR count). The highest BCUT2D eigenvalue weighted by molar-refractivity contribution is 5.94. The van der Waals surface area contributed by atoms with Crippen molar-refractivity contribution in [2.45, 2.75) is 69.1 Å². The van der Waals surface area contributed by atoms with E-state index in [1.165, 1.54) is 31.4 Å². The second-order valence-corrected chi connectivity index (χ2v) is 10.8. The summed E-state index contributed by atoms with van der Waals surface area (Å²) in [5.41, 5.74) is 2.27. The number of morpholine rings is 1. The summed E-state index contributed by atoms with van der Waals surface area (Å²) in [6, 6.07) is 8.67. The first kappa shape index (κ1) is 24.0. The molecule has 3 aliphatic heterocycles. The minimum absolute atomic E-state index is 0.0364. The summed E-state index contributed by atoms with van der Waals surface area (Å²) >= 11 is 0. The number of amides is 1. The Morgan fingerprint density at radius 3 is 2.35 bits per heavy atom. The molecule has 1 atom stereocenters. The van der Waals surface area contributed by atoms with Gasteiger partial charge in [0.1, 0.15) is 0 Å². The van der Waals surface area contributed by atoms with Gasteiger partial charge in [0, 0.05) is 68.6 Å². The summed E-state index contributed by atoms with van der Waals surface area (Å²) in [5, 5.41) is 13.8. The Bertz CT molecular complexity index is 797. The minimum atomic E-state index is -0.385. The molecule has 2 N–H and O–H groups in total. The van der Waals surface area contributed by atoms with Gasteiger partial charge in [-0.1, -0.05) is 12.8 Å².